The number of quaternary nitrogens is 1. The summed E-state index contributed by atoms with van der Waals surface area (Å²) in [4.78, 5) is 44.3. The monoisotopic (exact) mass is 806 g/mol. The second-order valence-electron chi connectivity index (χ2n) is 16.8. The lowest BCUT2D eigenvalue weighted by Gasteiger charge is -2.31. The molecule has 0 saturated heterocycles. The van der Waals surface area contributed by atoms with Crippen LogP contribution in [0.2, 0.25) is 0 Å². The van der Waals surface area contributed by atoms with E-state index in [2.05, 4.69) is 13.0 Å². The number of carbonyl (C=O) groups excluding carboxylic acids is 3. The Bertz CT molecular complexity index is 2520. The fraction of sp³-hybridized carbons (Fsp3) is 0.268. The molecule has 7 rings (SSSR count). The Morgan fingerprint density at radius 3 is 1.59 bits per heavy atom. The van der Waals surface area contributed by atoms with Gasteiger partial charge in [-0.3, -0.25) is 9.59 Å². The molecular weight excluding hydrogens is 751 g/mol. The van der Waals surface area contributed by atoms with Gasteiger partial charge in [-0.1, -0.05) is 197 Å². The molecule has 0 aliphatic carbocycles. The fourth-order valence-electron chi connectivity index (χ4n) is 8.77. The average Bonchev–Trinajstić information content (AvgIpc) is 3.59. The standard InChI is InChI=1S/C56H56NO4/c1-5-7-8-9-10-11-12-13-14-27-38-56(3,4)61-55(60)57(6-2)49-37-36-45(53(58)43-32-23-17-24-33-43)39-46(49)47-40-48(54(59)44-34-25-18-26-35-44)50(41-28-19-15-20-29-41)51(52(47)57)42-30-21-16-22-31-42/h2,15-26,28-37,39-40H,5,7-14,27,38H2,1,3-4H3/q+1. The van der Waals surface area contributed by atoms with Crippen LogP contribution in [0.1, 0.15) is 123 Å². The number of terminal acetylenes is 1. The van der Waals surface area contributed by atoms with Crippen molar-refractivity contribution in [1.29, 1.82) is 0 Å². The molecule has 0 saturated carbocycles. The van der Waals surface area contributed by atoms with Gasteiger partial charge in [0, 0.05) is 33.9 Å². The van der Waals surface area contributed by atoms with Crippen LogP contribution >= 0.6 is 0 Å². The normalized spacial score (nSPS) is 14.1. The van der Waals surface area contributed by atoms with Crippen LogP contribution in [0.4, 0.5) is 16.2 Å². The molecule has 1 unspecified atom stereocenters. The van der Waals surface area contributed by atoms with E-state index in [4.69, 9.17) is 11.2 Å². The fourth-order valence-corrected chi connectivity index (χ4v) is 8.77. The Morgan fingerprint density at radius 1 is 0.557 bits per heavy atom. The SMILES string of the molecule is C#C[N+]1(C(=O)OC(C)(C)CCCCCCCCCCCC)c2ccc(C(=O)c3ccccc3)cc2-c2cc(C(=O)c3ccccc3)c(-c3ccccc3)c(-c3ccccc3)c21. The summed E-state index contributed by atoms with van der Waals surface area (Å²) >= 11 is 0. The zero-order chi connectivity index (χ0) is 42.8. The number of ether oxygens (including phenoxy) is 1. The van der Waals surface area contributed by atoms with Gasteiger partial charge in [0.2, 0.25) is 0 Å². The highest BCUT2D eigenvalue weighted by Crippen LogP contribution is 2.60. The maximum atomic E-state index is 15.4. The number of amides is 1. The highest BCUT2D eigenvalue weighted by atomic mass is 16.6. The van der Waals surface area contributed by atoms with Gasteiger partial charge in [0.1, 0.15) is 5.60 Å². The molecule has 0 radical (unpaired) electrons. The molecule has 0 aromatic heterocycles. The van der Waals surface area contributed by atoms with Crippen molar-refractivity contribution in [2.45, 2.75) is 97.0 Å². The summed E-state index contributed by atoms with van der Waals surface area (Å²) in [6.07, 6.45) is 18.9. The van der Waals surface area contributed by atoms with Crippen LogP contribution in [0.3, 0.4) is 0 Å². The molecular formula is C56H56NO4+. The van der Waals surface area contributed by atoms with E-state index >= 15 is 4.79 Å². The molecule has 61 heavy (non-hydrogen) atoms. The minimum Gasteiger partial charge on any atom is -0.413 e. The molecule has 1 atom stereocenters. The minimum atomic E-state index is -0.830. The van der Waals surface area contributed by atoms with E-state index in [-0.39, 0.29) is 11.6 Å². The third kappa shape index (κ3) is 9.07. The number of hydrogen-bond acceptors (Lipinski definition) is 4. The molecule has 5 heteroatoms. The largest absolute Gasteiger partial charge is 0.540 e. The first-order valence-electron chi connectivity index (χ1n) is 22.0. The predicted molar refractivity (Wildman–Crippen MR) is 250 cm³/mol. The van der Waals surface area contributed by atoms with Crippen molar-refractivity contribution in [2.75, 3.05) is 0 Å². The van der Waals surface area contributed by atoms with E-state index in [0.29, 0.717) is 62.3 Å². The van der Waals surface area contributed by atoms with Crippen molar-refractivity contribution < 1.29 is 19.1 Å². The summed E-state index contributed by atoms with van der Waals surface area (Å²) in [6, 6.07) is 48.1. The molecule has 1 aliphatic rings. The van der Waals surface area contributed by atoms with E-state index in [1.807, 2.05) is 135 Å². The van der Waals surface area contributed by atoms with Gasteiger partial charge >= 0.3 is 6.09 Å². The van der Waals surface area contributed by atoms with Gasteiger partial charge in [0.05, 0.1) is 16.7 Å². The number of nitrogens with zero attached hydrogens (tertiary/aromatic N) is 1. The first-order chi connectivity index (χ1) is 29.7. The van der Waals surface area contributed by atoms with E-state index in [1.54, 1.807) is 24.3 Å². The van der Waals surface area contributed by atoms with Crippen LogP contribution in [-0.4, -0.2) is 23.3 Å². The summed E-state index contributed by atoms with van der Waals surface area (Å²) in [5.41, 5.74) is 6.19. The van der Waals surface area contributed by atoms with E-state index in [1.165, 1.54) is 44.9 Å². The van der Waals surface area contributed by atoms with Crippen LogP contribution in [-0.2, 0) is 4.74 Å². The molecule has 5 nitrogen and oxygen atoms in total. The van der Waals surface area contributed by atoms with Crippen LogP contribution in [0, 0.1) is 12.5 Å². The molecule has 1 aliphatic heterocycles. The number of carbonyl (C=O) groups is 3. The smallest absolute Gasteiger partial charge is 0.413 e. The van der Waals surface area contributed by atoms with E-state index in [9.17, 15) is 9.59 Å². The third-order valence-electron chi connectivity index (χ3n) is 12.0. The molecule has 1 amide bonds. The molecule has 0 spiro atoms. The molecule has 0 N–H and O–H groups in total. The maximum Gasteiger partial charge on any atom is 0.540 e. The van der Waals surface area contributed by atoms with E-state index < -0.39 is 16.2 Å². The average molecular weight is 807 g/mol. The molecule has 1 heterocycles. The van der Waals surface area contributed by atoms with Crippen LogP contribution < -0.4 is 4.48 Å². The number of hydrogen-bond donors (Lipinski definition) is 0. The summed E-state index contributed by atoms with van der Waals surface area (Å²) in [5, 5.41) is 0. The van der Waals surface area contributed by atoms with Gasteiger partial charge in [0.25, 0.3) is 0 Å². The van der Waals surface area contributed by atoms with Gasteiger partial charge in [-0.25, -0.2) is 0 Å². The van der Waals surface area contributed by atoms with Crippen LogP contribution in [0.5, 0.6) is 0 Å². The first kappa shape index (κ1) is 42.8. The lowest BCUT2D eigenvalue weighted by Crippen LogP contribution is -2.48. The van der Waals surface area contributed by atoms with Crippen molar-refractivity contribution in [3.05, 3.63) is 168 Å². The Morgan fingerprint density at radius 2 is 1.05 bits per heavy atom. The van der Waals surface area contributed by atoms with Gasteiger partial charge in [-0.05, 0) is 56.0 Å². The minimum absolute atomic E-state index is 0.166. The molecule has 0 fully saturated rings. The Kier molecular flexibility index (Phi) is 13.6. The highest BCUT2D eigenvalue weighted by molar-refractivity contribution is 6.22. The molecule has 6 aromatic carbocycles. The quantitative estimate of drug-likeness (QED) is 0.0376. The molecule has 0 bridgehead atoms. The summed E-state index contributed by atoms with van der Waals surface area (Å²) in [5.74, 6) is -0.343. The van der Waals surface area contributed by atoms with Crippen molar-refractivity contribution in [2.24, 2.45) is 0 Å². The summed E-state index contributed by atoms with van der Waals surface area (Å²) in [7, 11) is 0. The second kappa shape index (κ2) is 19.4. The lowest BCUT2D eigenvalue weighted by atomic mass is 9.83. The Hall–Kier alpha value is -6.35. The van der Waals surface area contributed by atoms with Crippen molar-refractivity contribution >= 4 is 29.0 Å². The maximum absolute atomic E-state index is 15.4. The van der Waals surface area contributed by atoms with Crippen molar-refractivity contribution in [3.8, 4) is 45.8 Å². The van der Waals surface area contributed by atoms with E-state index in [0.717, 1.165) is 30.4 Å². The van der Waals surface area contributed by atoms with Gasteiger partial charge in [-0.2, -0.15) is 4.79 Å². The highest BCUT2D eigenvalue weighted by Gasteiger charge is 2.56. The zero-order valence-corrected chi connectivity index (χ0v) is 35.8. The van der Waals surface area contributed by atoms with Gasteiger partial charge in [-0.15, -0.1) is 0 Å². The topological polar surface area (TPSA) is 60.4 Å². The Balaban J connectivity index is 1.38. The van der Waals surface area contributed by atoms with Crippen molar-refractivity contribution in [1.82, 2.24) is 4.48 Å². The van der Waals surface area contributed by atoms with Crippen molar-refractivity contribution in [3.63, 3.8) is 0 Å². The predicted octanol–water partition coefficient (Wildman–Crippen LogP) is 14.9. The Labute approximate surface area is 362 Å². The van der Waals surface area contributed by atoms with Crippen LogP contribution in [0.25, 0.3) is 33.4 Å². The summed E-state index contributed by atoms with van der Waals surface area (Å²) in [6.45, 7) is 6.16. The zero-order valence-electron chi connectivity index (χ0n) is 35.8. The second-order valence-corrected chi connectivity index (χ2v) is 16.8. The third-order valence-corrected chi connectivity index (χ3v) is 12.0. The number of fused-ring (bicyclic) bond motifs is 3. The first-order valence-corrected chi connectivity index (χ1v) is 22.0. The van der Waals surface area contributed by atoms with Gasteiger partial charge in [0.15, 0.2) is 29.0 Å². The lowest BCUT2D eigenvalue weighted by molar-refractivity contribution is 0.0224. The summed E-state index contributed by atoms with van der Waals surface area (Å²) < 4.78 is 5.90. The molecule has 308 valence electrons. The number of unbranched alkanes of at least 4 members (excludes halogenated alkanes) is 9. The van der Waals surface area contributed by atoms with Crippen LogP contribution in [0.15, 0.2) is 146 Å². The number of ketones is 2. The molecule has 6 aromatic rings. The van der Waals surface area contributed by atoms with Gasteiger partial charge < -0.3 is 4.74 Å². The number of benzene rings is 6. The number of rotatable bonds is 18.